The third-order valence-electron chi connectivity index (χ3n) is 4.18. The van der Waals surface area contributed by atoms with Crippen molar-refractivity contribution in [2.45, 2.75) is 57.9 Å². The molecule has 1 aliphatic rings. The lowest BCUT2D eigenvalue weighted by Crippen LogP contribution is -2.33. The average Bonchev–Trinajstić information content (AvgIpc) is 2.42. The molecule has 1 aromatic rings. The van der Waals surface area contributed by atoms with E-state index in [1.54, 1.807) is 0 Å². The van der Waals surface area contributed by atoms with Crippen LogP contribution < -0.4 is 5.32 Å². The van der Waals surface area contributed by atoms with E-state index in [1.807, 2.05) is 0 Å². The highest BCUT2D eigenvalue weighted by Gasteiger charge is 2.16. The van der Waals surface area contributed by atoms with Crippen molar-refractivity contribution in [3.63, 3.8) is 0 Å². The summed E-state index contributed by atoms with van der Waals surface area (Å²) in [5.41, 5.74) is 1.48. The molecule has 1 N–H and O–H groups in total. The van der Waals surface area contributed by atoms with E-state index >= 15 is 0 Å². The summed E-state index contributed by atoms with van der Waals surface area (Å²) in [6, 6.07) is 11.6. The third-order valence-corrected chi connectivity index (χ3v) is 4.18. The van der Waals surface area contributed by atoms with Gasteiger partial charge in [-0.05, 0) is 63.0 Å². The van der Waals surface area contributed by atoms with Crippen molar-refractivity contribution in [2.75, 3.05) is 6.54 Å². The van der Waals surface area contributed by atoms with Gasteiger partial charge >= 0.3 is 0 Å². The van der Waals surface area contributed by atoms with Gasteiger partial charge in [-0.1, -0.05) is 37.3 Å². The number of hydrogen-bond acceptors (Lipinski definition) is 1. The molecule has 18 heavy (non-hydrogen) atoms. The Bertz CT molecular complexity index is 312. The normalized spacial score (nSPS) is 24.1. The van der Waals surface area contributed by atoms with Gasteiger partial charge in [0.1, 0.15) is 0 Å². The third kappa shape index (κ3) is 4.81. The first kappa shape index (κ1) is 13.6. The number of benzene rings is 1. The molecule has 1 saturated carbocycles. The second kappa shape index (κ2) is 7.58. The molecule has 0 heterocycles. The number of rotatable bonds is 6. The van der Waals surface area contributed by atoms with Crippen LogP contribution in [-0.2, 0) is 6.42 Å². The van der Waals surface area contributed by atoms with Gasteiger partial charge in [0.15, 0.2) is 0 Å². The monoisotopic (exact) mass is 245 g/mol. The van der Waals surface area contributed by atoms with Crippen LogP contribution in [0, 0.1) is 5.92 Å². The Morgan fingerprint density at radius 3 is 2.44 bits per heavy atom. The highest BCUT2D eigenvalue weighted by molar-refractivity contribution is 5.14. The molecule has 1 aromatic carbocycles. The van der Waals surface area contributed by atoms with Gasteiger partial charge in [0.2, 0.25) is 0 Å². The molecule has 0 atom stereocenters. The maximum atomic E-state index is 3.73. The van der Waals surface area contributed by atoms with E-state index in [-0.39, 0.29) is 0 Å². The van der Waals surface area contributed by atoms with E-state index in [9.17, 15) is 0 Å². The summed E-state index contributed by atoms with van der Waals surface area (Å²) in [6.45, 7) is 3.59. The summed E-state index contributed by atoms with van der Waals surface area (Å²) in [6.07, 6.45) is 9.45. The Kier molecular flexibility index (Phi) is 5.73. The topological polar surface area (TPSA) is 12.0 Å². The van der Waals surface area contributed by atoms with E-state index in [0.29, 0.717) is 0 Å². The summed E-state index contributed by atoms with van der Waals surface area (Å²) in [4.78, 5) is 0. The van der Waals surface area contributed by atoms with Gasteiger partial charge in [-0.3, -0.25) is 0 Å². The zero-order valence-corrected chi connectivity index (χ0v) is 11.7. The van der Waals surface area contributed by atoms with E-state index in [2.05, 4.69) is 42.6 Å². The molecule has 0 spiro atoms. The van der Waals surface area contributed by atoms with Crippen molar-refractivity contribution >= 4 is 0 Å². The summed E-state index contributed by atoms with van der Waals surface area (Å²) >= 11 is 0. The number of hydrogen-bond donors (Lipinski definition) is 1. The average molecular weight is 245 g/mol. The molecule has 0 saturated heterocycles. The molecule has 1 aliphatic carbocycles. The number of nitrogens with one attached hydrogen (secondary N) is 1. The van der Waals surface area contributed by atoms with Crippen LogP contribution in [0.3, 0.4) is 0 Å². The van der Waals surface area contributed by atoms with Crippen LogP contribution in [-0.4, -0.2) is 12.6 Å². The molecule has 1 fully saturated rings. The maximum absolute atomic E-state index is 3.73. The standard InChI is InChI=1S/C17H27N/c1-15-10-12-17(13-11-15)18-14-6-5-9-16-7-3-2-4-8-16/h2-4,7-8,15,17-18H,5-6,9-14H2,1H3. The maximum Gasteiger partial charge on any atom is 0.00672 e. The minimum absolute atomic E-state index is 0.804. The highest BCUT2D eigenvalue weighted by Crippen LogP contribution is 2.23. The fourth-order valence-corrected chi connectivity index (χ4v) is 2.87. The van der Waals surface area contributed by atoms with Crippen molar-refractivity contribution in [3.05, 3.63) is 35.9 Å². The van der Waals surface area contributed by atoms with Crippen LogP contribution in [0.2, 0.25) is 0 Å². The molecule has 1 nitrogen and oxygen atoms in total. The van der Waals surface area contributed by atoms with E-state index in [4.69, 9.17) is 0 Å². The van der Waals surface area contributed by atoms with Gasteiger partial charge in [-0.2, -0.15) is 0 Å². The van der Waals surface area contributed by atoms with Crippen molar-refractivity contribution in [3.8, 4) is 0 Å². The molecule has 0 bridgehead atoms. The lowest BCUT2D eigenvalue weighted by Gasteiger charge is -2.27. The highest BCUT2D eigenvalue weighted by atomic mass is 14.9. The summed E-state index contributed by atoms with van der Waals surface area (Å²) < 4.78 is 0. The van der Waals surface area contributed by atoms with Crippen LogP contribution in [0.25, 0.3) is 0 Å². The summed E-state index contributed by atoms with van der Waals surface area (Å²) in [5, 5.41) is 3.73. The van der Waals surface area contributed by atoms with E-state index in [1.165, 1.54) is 57.1 Å². The Morgan fingerprint density at radius 1 is 1.00 bits per heavy atom. The van der Waals surface area contributed by atoms with Crippen LogP contribution in [0.15, 0.2) is 30.3 Å². The first-order valence-electron chi connectivity index (χ1n) is 7.62. The Morgan fingerprint density at radius 2 is 1.72 bits per heavy atom. The van der Waals surface area contributed by atoms with Gasteiger partial charge in [0.25, 0.3) is 0 Å². The zero-order valence-electron chi connectivity index (χ0n) is 11.7. The smallest absolute Gasteiger partial charge is 0.00672 e. The predicted octanol–water partition coefficient (Wildman–Crippen LogP) is 4.18. The van der Waals surface area contributed by atoms with Crippen molar-refractivity contribution in [1.29, 1.82) is 0 Å². The molecule has 0 aliphatic heterocycles. The van der Waals surface area contributed by atoms with Gasteiger partial charge in [-0.25, -0.2) is 0 Å². The van der Waals surface area contributed by atoms with E-state index < -0.39 is 0 Å². The largest absolute Gasteiger partial charge is 0.314 e. The second-order valence-corrected chi connectivity index (χ2v) is 5.85. The molecule has 100 valence electrons. The summed E-state index contributed by atoms with van der Waals surface area (Å²) in [5.74, 6) is 0.959. The number of aryl methyl sites for hydroxylation is 1. The molecule has 2 rings (SSSR count). The first-order valence-corrected chi connectivity index (χ1v) is 7.62. The fraction of sp³-hybridized carbons (Fsp3) is 0.647. The minimum Gasteiger partial charge on any atom is -0.314 e. The van der Waals surface area contributed by atoms with Gasteiger partial charge in [0, 0.05) is 6.04 Å². The van der Waals surface area contributed by atoms with Gasteiger partial charge < -0.3 is 5.32 Å². The molecule has 1 heteroatoms. The van der Waals surface area contributed by atoms with Crippen molar-refractivity contribution in [2.24, 2.45) is 5.92 Å². The Labute approximate surface area is 112 Å². The van der Waals surface area contributed by atoms with Crippen LogP contribution in [0.1, 0.15) is 51.0 Å². The van der Waals surface area contributed by atoms with Crippen LogP contribution in [0.5, 0.6) is 0 Å². The van der Waals surface area contributed by atoms with Gasteiger partial charge in [0.05, 0.1) is 0 Å². The molecule has 0 amide bonds. The molecular weight excluding hydrogens is 218 g/mol. The molecule has 0 radical (unpaired) electrons. The zero-order chi connectivity index (χ0) is 12.6. The van der Waals surface area contributed by atoms with Crippen molar-refractivity contribution < 1.29 is 0 Å². The lowest BCUT2D eigenvalue weighted by molar-refractivity contribution is 0.306. The number of unbranched alkanes of at least 4 members (excludes halogenated alkanes) is 1. The minimum atomic E-state index is 0.804. The fourth-order valence-electron chi connectivity index (χ4n) is 2.87. The SMILES string of the molecule is CC1CCC(NCCCCc2ccccc2)CC1. The molecule has 0 unspecified atom stereocenters. The van der Waals surface area contributed by atoms with Crippen molar-refractivity contribution in [1.82, 2.24) is 5.32 Å². The summed E-state index contributed by atoms with van der Waals surface area (Å²) in [7, 11) is 0. The Hall–Kier alpha value is -0.820. The van der Waals surface area contributed by atoms with E-state index in [0.717, 1.165) is 12.0 Å². The van der Waals surface area contributed by atoms with Crippen LogP contribution >= 0.6 is 0 Å². The van der Waals surface area contributed by atoms with Crippen LogP contribution in [0.4, 0.5) is 0 Å². The molecular formula is C17H27N. The second-order valence-electron chi connectivity index (χ2n) is 5.85. The molecule has 0 aromatic heterocycles. The predicted molar refractivity (Wildman–Crippen MR) is 78.8 cm³/mol. The first-order chi connectivity index (χ1) is 8.84. The Balaban J connectivity index is 1.51. The quantitative estimate of drug-likeness (QED) is 0.741. The lowest BCUT2D eigenvalue weighted by atomic mass is 9.87. The van der Waals surface area contributed by atoms with Gasteiger partial charge in [-0.15, -0.1) is 0 Å².